The predicted octanol–water partition coefficient (Wildman–Crippen LogP) is 4.18. The highest BCUT2D eigenvalue weighted by Crippen LogP contribution is 2.27. The molecule has 2 nitrogen and oxygen atoms in total. The van der Waals surface area contributed by atoms with Gasteiger partial charge in [-0.1, -0.05) is 38.1 Å². The van der Waals surface area contributed by atoms with Gasteiger partial charge in [0.15, 0.2) is 0 Å². The van der Waals surface area contributed by atoms with E-state index in [9.17, 15) is 0 Å². The second-order valence-corrected chi connectivity index (χ2v) is 5.73. The Balaban J connectivity index is 2.39. The molecule has 0 aliphatic heterocycles. The molecular formula is C19H26N2. The Hall–Kier alpha value is -1.96. The molecule has 0 aliphatic rings. The summed E-state index contributed by atoms with van der Waals surface area (Å²) in [6.45, 7) is 8.50. The van der Waals surface area contributed by atoms with E-state index in [0.717, 1.165) is 30.6 Å². The lowest BCUT2D eigenvalue weighted by Crippen LogP contribution is -2.04. The number of nitrogens with two attached hydrogens (primary N) is 2. The molecule has 0 unspecified atom stereocenters. The molecule has 0 radical (unpaired) electrons. The molecule has 0 heterocycles. The largest absolute Gasteiger partial charge is 0.398 e. The maximum atomic E-state index is 6.24. The molecule has 0 atom stereocenters. The van der Waals surface area contributed by atoms with Gasteiger partial charge in [0.25, 0.3) is 0 Å². The summed E-state index contributed by atoms with van der Waals surface area (Å²) in [6, 6.07) is 8.70. The van der Waals surface area contributed by atoms with E-state index in [0.29, 0.717) is 0 Å². The first-order valence-corrected chi connectivity index (χ1v) is 7.73. The van der Waals surface area contributed by atoms with Gasteiger partial charge in [-0.05, 0) is 66.5 Å². The summed E-state index contributed by atoms with van der Waals surface area (Å²) in [7, 11) is 0. The number of hydrogen-bond donors (Lipinski definition) is 2. The van der Waals surface area contributed by atoms with Crippen LogP contribution in [0.25, 0.3) is 0 Å². The zero-order valence-corrected chi connectivity index (χ0v) is 13.6. The minimum absolute atomic E-state index is 0.889. The van der Waals surface area contributed by atoms with Gasteiger partial charge in [0, 0.05) is 11.4 Å². The maximum absolute atomic E-state index is 6.24. The van der Waals surface area contributed by atoms with Gasteiger partial charge in [-0.15, -0.1) is 0 Å². The highest BCUT2D eigenvalue weighted by molar-refractivity contribution is 5.60. The Morgan fingerprint density at radius 1 is 0.667 bits per heavy atom. The molecule has 4 N–H and O–H groups in total. The normalized spacial score (nSPS) is 10.9. The Labute approximate surface area is 128 Å². The molecule has 0 saturated heterocycles. The van der Waals surface area contributed by atoms with Crippen molar-refractivity contribution < 1.29 is 0 Å². The number of anilines is 2. The highest BCUT2D eigenvalue weighted by Gasteiger charge is 2.10. The molecule has 2 aromatic rings. The van der Waals surface area contributed by atoms with E-state index < -0.39 is 0 Å². The molecule has 0 saturated carbocycles. The summed E-state index contributed by atoms with van der Waals surface area (Å²) in [5, 5.41) is 0. The van der Waals surface area contributed by atoms with Crippen LogP contribution in [0.2, 0.25) is 0 Å². The molecule has 2 rings (SSSR count). The minimum atomic E-state index is 0.889. The molecule has 0 bridgehead atoms. The summed E-state index contributed by atoms with van der Waals surface area (Å²) in [6.07, 6.45) is 2.84. The van der Waals surface area contributed by atoms with Crippen molar-refractivity contribution >= 4 is 11.4 Å². The zero-order chi connectivity index (χ0) is 15.6. The smallest absolute Gasteiger partial charge is 0.0379 e. The van der Waals surface area contributed by atoms with Crippen LogP contribution in [0.15, 0.2) is 24.3 Å². The van der Waals surface area contributed by atoms with Crippen molar-refractivity contribution in [3.63, 3.8) is 0 Å². The van der Waals surface area contributed by atoms with Crippen LogP contribution in [0.3, 0.4) is 0 Å². The molecule has 112 valence electrons. The zero-order valence-electron chi connectivity index (χ0n) is 13.6. The van der Waals surface area contributed by atoms with Crippen LogP contribution < -0.4 is 11.5 Å². The van der Waals surface area contributed by atoms with Crippen LogP contribution in [-0.2, 0) is 19.3 Å². The third kappa shape index (κ3) is 2.90. The standard InChI is InChI=1S/C19H26N2/c1-5-14-7-9-16(12(3)18(14)20)11-17-10-8-15(6-2)19(21)13(17)4/h7-10H,5-6,11,20-21H2,1-4H3. The quantitative estimate of drug-likeness (QED) is 0.826. The van der Waals surface area contributed by atoms with Crippen LogP contribution in [0.1, 0.15) is 47.2 Å². The van der Waals surface area contributed by atoms with Crippen LogP contribution in [0.5, 0.6) is 0 Å². The number of hydrogen-bond acceptors (Lipinski definition) is 2. The van der Waals surface area contributed by atoms with Gasteiger partial charge in [-0.25, -0.2) is 0 Å². The lowest BCUT2D eigenvalue weighted by atomic mass is 9.92. The van der Waals surface area contributed by atoms with Crippen molar-refractivity contribution in [2.75, 3.05) is 11.5 Å². The van der Waals surface area contributed by atoms with E-state index in [1.807, 2.05) is 0 Å². The molecule has 0 spiro atoms. The average Bonchev–Trinajstić information content (AvgIpc) is 2.49. The Morgan fingerprint density at radius 3 is 1.33 bits per heavy atom. The van der Waals surface area contributed by atoms with Gasteiger partial charge in [-0.2, -0.15) is 0 Å². The highest BCUT2D eigenvalue weighted by atomic mass is 14.6. The Kier molecular flexibility index (Phi) is 4.56. The third-order valence-electron chi connectivity index (χ3n) is 4.58. The van der Waals surface area contributed by atoms with Crippen molar-refractivity contribution in [3.8, 4) is 0 Å². The summed E-state index contributed by atoms with van der Waals surface area (Å²) in [5.74, 6) is 0. The van der Waals surface area contributed by atoms with E-state index in [1.54, 1.807) is 0 Å². The molecular weight excluding hydrogens is 256 g/mol. The summed E-state index contributed by atoms with van der Waals surface area (Å²) in [4.78, 5) is 0. The van der Waals surface area contributed by atoms with Crippen LogP contribution >= 0.6 is 0 Å². The fraction of sp³-hybridized carbons (Fsp3) is 0.368. The lowest BCUT2D eigenvalue weighted by Gasteiger charge is -2.15. The van der Waals surface area contributed by atoms with Crippen molar-refractivity contribution in [3.05, 3.63) is 57.6 Å². The SMILES string of the molecule is CCc1ccc(Cc2ccc(CC)c(N)c2C)c(C)c1N. The van der Waals surface area contributed by atoms with Crippen molar-refractivity contribution in [1.82, 2.24) is 0 Å². The number of benzene rings is 2. The van der Waals surface area contributed by atoms with Crippen LogP contribution in [0.4, 0.5) is 11.4 Å². The van der Waals surface area contributed by atoms with Gasteiger partial charge < -0.3 is 11.5 Å². The van der Waals surface area contributed by atoms with Gasteiger partial charge >= 0.3 is 0 Å². The molecule has 0 aliphatic carbocycles. The fourth-order valence-electron chi connectivity index (χ4n) is 2.86. The molecule has 2 aromatic carbocycles. The first kappa shape index (κ1) is 15.4. The van der Waals surface area contributed by atoms with E-state index in [4.69, 9.17) is 11.5 Å². The maximum Gasteiger partial charge on any atom is 0.0379 e. The van der Waals surface area contributed by atoms with E-state index in [-0.39, 0.29) is 0 Å². The first-order chi connectivity index (χ1) is 9.99. The summed E-state index contributed by atoms with van der Waals surface area (Å²) < 4.78 is 0. The summed E-state index contributed by atoms with van der Waals surface area (Å²) >= 11 is 0. The van der Waals surface area contributed by atoms with E-state index >= 15 is 0 Å². The summed E-state index contributed by atoms with van der Waals surface area (Å²) in [5.41, 5.74) is 21.8. The van der Waals surface area contributed by atoms with Gasteiger partial charge in [0.2, 0.25) is 0 Å². The van der Waals surface area contributed by atoms with E-state index in [1.165, 1.54) is 33.4 Å². The topological polar surface area (TPSA) is 52.0 Å². The van der Waals surface area contributed by atoms with Crippen molar-refractivity contribution in [1.29, 1.82) is 0 Å². The second kappa shape index (κ2) is 6.21. The van der Waals surface area contributed by atoms with Gasteiger partial charge in [0.1, 0.15) is 0 Å². The molecule has 0 aromatic heterocycles. The number of rotatable bonds is 4. The van der Waals surface area contributed by atoms with E-state index in [2.05, 4.69) is 52.0 Å². The minimum Gasteiger partial charge on any atom is -0.398 e. The van der Waals surface area contributed by atoms with Crippen molar-refractivity contribution in [2.24, 2.45) is 0 Å². The lowest BCUT2D eigenvalue weighted by molar-refractivity contribution is 1.08. The number of nitrogen functional groups attached to an aromatic ring is 2. The Bertz CT molecular complexity index is 600. The molecule has 0 fully saturated rings. The monoisotopic (exact) mass is 282 g/mol. The average molecular weight is 282 g/mol. The van der Waals surface area contributed by atoms with Gasteiger partial charge in [0.05, 0.1) is 0 Å². The second-order valence-electron chi connectivity index (χ2n) is 5.73. The predicted molar refractivity (Wildman–Crippen MR) is 92.7 cm³/mol. The van der Waals surface area contributed by atoms with Gasteiger partial charge in [-0.3, -0.25) is 0 Å². The first-order valence-electron chi connectivity index (χ1n) is 7.73. The Morgan fingerprint density at radius 2 is 1.00 bits per heavy atom. The van der Waals surface area contributed by atoms with Crippen molar-refractivity contribution in [2.45, 2.75) is 47.0 Å². The fourth-order valence-corrected chi connectivity index (χ4v) is 2.86. The third-order valence-corrected chi connectivity index (χ3v) is 4.58. The molecule has 21 heavy (non-hydrogen) atoms. The molecule has 2 heteroatoms. The van der Waals surface area contributed by atoms with Crippen LogP contribution in [-0.4, -0.2) is 0 Å². The van der Waals surface area contributed by atoms with Crippen LogP contribution in [0, 0.1) is 13.8 Å². The molecule has 0 amide bonds. The number of aryl methyl sites for hydroxylation is 2.